The van der Waals surface area contributed by atoms with Gasteiger partial charge in [0.15, 0.2) is 0 Å². The van der Waals surface area contributed by atoms with Gasteiger partial charge in [-0.3, -0.25) is 4.90 Å². The summed E-state index contributed by atoms with van der Waals surface area (Å²) in [7, 11) is 0. The number of hydrogen-bond donors (Lipinski definition) is 1. The van der Waals surface area contributed by atoms with E-state index in [0.29, 0.717) is 19.7 Å². The quantitative estimate of drug-likeness (QED) is 0.580. The summed E-state index contributed by atoms with van der Waals surface area (Å²) in [4.78, 5) is 2.14. The number of thiophene rings is 1. The Bertz CT molecular complexity index is 744. The molecule has 26 heavy (non-hydrogen) atoms. The van der Waals surface area contributed by atoms with E-state index in [4.69, 9.17) is 9.15 Å². The Balaban J connectivity index is 1.54. The predicted molar refractivity (Wildman–Crippen MR) is 99.2 cm³/mol. The minimum absolute atomic E-state index is 0.226. The van der Waals surface area contributed by atoms with Crippen LogP contribution >= 0.6 is 11.3 Å². The van der Waals surface area contributed by atoms with Crippen molar-refractivity contribution in [1.82, 2.24) is 4.90 Å². The van der Waals surface area contributed by atoms with Crippen molar-refractivity contribution < 1.29 is 18.7 Å². The van der Waals surface area contributed by atoms with E-state index in [1.165, 1.54) is 17.7 Å². The number of hydrogen-bond acceptors (Lipinski definition) is 5. The molecule has 0 saturated heterocycles. The van der Waals surface area contributed by atoms with Gasteiger partial charge < -0.3 is 14.3 Å². The van der Waals surface area contributed by atoms with Crippen LogP contribution in [-0.2, 0) is 24.4 Å². The Labute approximate surface area is 156 Å². The van der Waals surface area contributed by atoms with Crippen LogP contribution in [0.15, 0.2) is 63.9 Å². The summed E-state index contributed by atoms with van der Waals surface area (Å²) in [5.41, 5.74) is 2.20. The SMILES string of the molecule is O[C@H](COCc1ccco1)CN(Cc1ccc(F)cc1)Cc1ccsc1. The van der Waals surface area contributed by atoms with Crippen LogP contribution in [0.25, 0.3) is 0 Å². The lowest BCUT2D eigenvalue weighted by Crippen LogP contribution is -2.34. The molecule has 4 nitrogen and oxygen atoms in total. The van der Waals surface area contributed by atoms with Crippen molar-refractivity contribution in [2.75, 3.05) is 13.2 Å². The first-order valence-electron chi connectivity index (χ1n) is 8.45. The molecule has 0 unspecified atom stereocenters. The summed E-state index contributed by atoms with van der Waals surface area (Å²) in [6, 6.07) is 12.2. The number of ether oxygens (including phenoxy) is 1. The van der Waals surface area contributed by atoms with Gasteiger partial charge in [-0.25, -0.2) is 4.39 Å². The second-order valence-corrected chi connectivity index (χ2v) is 6.96. The largest absolute Gasteiger partial charge is 0.467 e. The fourth-order valence-electron chi connectivity index (χ4n) is 2.71. The number of rotatable bonds is 10. The summed E-state index contributed by atoms with van der Waals surface area (Å²) in [5, 5.41) is 14.5. The molecule has 1 N–H and O–H groups in total. The Kier molecular flexibility index (Phi) is 6.96. The molecule has 2 heterocycles. The topological polar surface area (TPSA) is 45.8 Å². The fourth-order valence-corrected chi connectivity index (χ4v) is 3.37. The number of aliphatic hydroxyl groups excluding tert-OH is 1. The van der Waals surface area contributed by atoms with Crippen LogP contribution in [0.2, 0.25) is 0 Å². The van der Waals surface area contributed by atoms with Crippen molar-refractivity contribution in [2.45, 2.75) is 25.8 Å². The van der Waals surface area contributed by atoms with E-state index in [2.05, 4.69) is 16.3 Å². The smallest absolute Gasteiger partial charge is 0.129 e. The van der Waals surface area contributed by atoms with E-state index in [1.807, 2.05) is 11.4 Å². The molecule has 0 spiro atoms. The van der Waals surface area contributed by atoms with Gasteiger partial charge in [0.05, 0.1) is 19.0 Å². The van der Waals surface area contributed by atoms with Gasteiger partial charge in [-0.1, -0.05) is 12.1 Å². The second-order valence-electron chi connectivity index (χ2n) is 6.18. The minimum atomic E-state index is -0.621. The van der Waals surface area contributed by atoms with E-state index < -0.39 is 6.10 Å². The fraction of sp³-hybridized carbons (Fsp3) is 0.300. The van der Waals surface area contributed by atoms with Crippen LogP contribution < -0.4 is 0 Å². The lowest BCUT2D eigenvalue weighted by Gasteiger charge is -2.25. The van der Waals surface area contributed by atoms with Crippen molar-refractivity contribution in [3.63, 3.8) is 0 Å². The molecule has 0 amide bonds. The number of halogens is 1. The van der Waals surface area contributed by atoms with Crippen molar-refractivity contribution >= 4 is 11.3 Å². The zero-order chi connectivity index (χ0) is 18.2. The van der Waals surface area contributed by atoms with E-state index in [-0.39, 0.29) is 12.4 Å². The molecule has 0 fully saturated rings. The summed E-state index contributed by atoms with van der Waals surface area (Å²) < 4.78 is 23.9. The monoisotopic (exact) mass is 375 g/mol. The van der Waals surface area contributed by atoms with Crippen LogP contribution in [0, 0.1) is 5.82 Å². The van der Waals surface area contributed by atoms with Crippen molar-refractivity contribution in [3.8, 4) is 0 Å². The van der Waals surface area contributed by atoms with Crippen LogP contribution in [-0.4, -0.2) is 29.3 Å². The molecule has 0 aliphatic carbocycles. The highest BCUT2D eigenvalue weighted by molar-refractivity contribution is 7.07. The maximum atomic E-state index is 13.1. The highest BCUT2D eigenvalue weighted by Gasteiger charge is 2.14. The van der Waals surface area contributed by atoms with Crippen LogP contribution in [0.5, 0.6) is 0 Å². The molecule has 0 bridgehead atoms. The van der Waals surface area contributed by atoms with Crippen LogP contribution in [0.3, 0.4) is 0 Å². The molecule has 0 aliphatic rings. The summed E-state index contributed by atoms with van der Waals surface area (Å²) in [5.74, 6) is 0.489. The molecule has 1 atom stereocenters. The molecular formula is C20H22FNO3S. The predicted octanol–water partition coefficient (Wildman–Crippen LogP) is 4.06. The van der Waals surface area contributed by atoms with E-state index >= 15 is 0 Å². The maximum Gasteiger partial charge on any atom is 0.129 e. The standard InChI is InChI=1S/C20H22FNO3S/c21-18-5-3-16(4-6-18)10-22(11-17-7-9-26-15-17)12-19(23)13-24-14-20-2-1-8-25-20/h1-9,15,19,23H,10-14H2/t19-/m0/s1. The lowest BCUT2D eigenvalue weighted by atomic mass is 10.2. The van der Waals surface area contributed by atoms with Gasteiger partial charge >= 0.3 is 0 Å². The molecule has 3 aromatic rings. The summed E-state index contributed by atoms with van der Waals surface area (Å²) in [6.45, 7) is 2.38. The van der Waals surface area contributed by atoms with E-state index in [1.54, 1.807) is 35.8 Å². The van der Waals surface area contributed by atoms with Gasteiger partial charge in [0.25, 0.3) is 0 Å². The molecule has 0 aliphatic heterocycles. The summed E-state index contributed by atoms with van der Waals surface area (Å²) in [6.07, 6.45) is 0.976. The first kappa shape index (κ1) is 18.8. The maximum absolute atomic E-state index is 13.1. The number of benzene rings is 1. The molecule has 3 rings (SSSR count). The first-order chi connectivity index (χ1) is 12.7. The Hall–Kier alpha value is -1.99. The molecule has 0 saturated carbocycles. The third-order valence-corrected chi connectivity index (χ3v) is 4.64. The Morgan fingerprint density at radius 2 is 1.92 bits per heavy atom. The highest BCUT2D eigenvalue weighted by atomic mass is 32.1. The molecule has 6 heteroatoms. The van der Waals surface area contributed by atoms with Crippen molar-refractivity contribution in [2.24, 2.45) is 0 Å². The normalized spacial score (nSPS) is 12.6. The van der Waals surface area contributed by atoms with E-state index in [0.717, 1.165) is 17.9 Å². The van der Waals surface area contributed by atoms with Crippen LogP contribution in [0.1, 0.15) is 16.9 Å². The third-order valence-electron chi connectivity index (χ3n) is 3.91. The van der Waals surface area contributed by atoms with Gasteiger partial charge in [0.2, 0.25) is 0 Å². The van der Waals surface area contributed by atoms with Gasteiger partial charge in [-0.05, 0) is 52.2 Å². The number of nitrogens with zero attached hydrogens (tertiary/aromatic N) is 1. The molecule has 138 valence electrons. The molecule has 1 aromatic carbocycles. The van der Waals surface area contributed by atoms with Gasteiger partial charge in [0, 0.05) is 19.6 Å². The average molecular weight is 375 g/mol. The van der Waals surface area contributed by atoms with Gasteiger partial charge in [-0.15, -0.1) is 0 Å². The lowest BCUT2D eigenvalue weighted by molar-refractivity contribution is 0.00255. The average Bonchev–Trinajstić information content (AvgIpc) is 3.31. The Morgan fingerprint density at radius 3 is 2.62 bits per heavy atom. The molecule has 0 radical (unpaired) electrons. The third kappa shape index (κ3) is 6.07. The zero-order valence-corrected chi connectivity index (χ0v) is 15.2. The van der Waals surface area contributed by atoms with Crippen molar-refractivity contribution in [1.29, 1.82) is 0 Å². The molecular weight excluding hydrogens is 353 g/mol. The van der Waals surface area contributed by atoms with Crippen LogP contribution in [0.4, 0.5) is 4.39 Å². The zero-order valence-electron chi connectivity index (χ0n) is 14.4. The highest BCUT2D eigenvalue weighted by Crippen LogP contribution is 2.14. The number of aliphatic hydroxyl groups is 1. The second kappa shape index (κ2) is 9.64. The Morgan fingerprint density at radius 1 is 1.12 bits per heavy atom. The minimum Gasteiger partial charge on any atom is -0.467 e. The van der Waals surface area contributed by atoms with Gasteiger partial charge in [-0.2, -0.15) is 11.3 Å². The van der Waals surface area contributed by atoms with Crippen molar-refractivity contribution in [3.05, 3.63) is 82.2 Å². The first-order valence-corrected chi connectivity index (χ1v) is 9.39. The molecule has 2 aromatic heterocycles. The summed E-state index contributed by atoms with van der Waals surface area (Å²) >= 11 is 1.65. The number of furan rings is 1. The van der Waals surface area contributed by atoms with E-state index in [9.17, 15) is 9.50 Å². The van der Waals surface area contributed by atoms with Gasteiger partial charge in [0.1, 0.15) is 18.2 Å².